The van der Waals surface area contributed by atoms with Gasteiger partial charge in [-0.3, -0.25) is 0 Å². The van der Waals surface area contributed by atoms with Gasteiger partial charge < -0.3 is 10.6 Å². The van der Waals surface area contributed by atoms with Crippen LogP contribution in [0.3, 0.4) is 0 Å². The summed E-state index contributed by atoms with van der Waals surface area (Å²) in [4.78, 5) is 2.57. The van der Waals surface area contributed by atoms with E-state index in [9.17, 15) is 0 Å². The van der Waals surface area contributed by atoms with Crippen molar-refractivity contribution < 1.29 is 0 Å². The largest absolute Gasteiger partial charge is 0.371 e. The number of halogens is 1. The van der Waals surface area contributed by atoms with Crippen molar-refractivity contribution in [3.8, 4) is 0 Å². The quantitative estimate of drug-likeness (QED) is 0.894. The average Bonchev–Trinajstić information content (AvgIpc) is 2.46. The van der Waals surface area contributed by atoms with Crippen LogP contribution >= 0.6 is 15.9 Å². The Hall–Kier alpha value is -0.540. The predicted molar refractivity (Wildman–Crippen MR) is 84.3 cm³/mol. The molecule has 1 saturated heterocycles. The lowest BCUT2D eigenvalue weighted by Gasteiger charge is -2.42. The van der Waals surface area contributed by atoms with Crippen LogP contribution in [-0.4, -0.2) is 13.1 Å². The van der Waals surface area contributed by atoms with Crippen molar-refractivity contribution in [1.29, 1.82) is 0 Å². The first-order chi connectivity index (χ1) is 9.28. The lowest BCUT2D eigenvalue weighted by atomic mass is 9.75. The van der Waals surface area contributed by atoms with Gasteiger partial charge in [0.15, 0.2) is 0 Å². The predicted octanol–water partition coefficient (Wildman–Crippen LogP) is 3.92. The fourth-order valence-electron chi connectivity index (χ4n) is 3.73. The third-order valence-electron chi connectivity index (χ3n) is 4.91. The SMILES string of the molecule is NCc1ccc(N2CCC3CCCCC3C2)cc1Br. The molecule has 0 amide bonds. The highest BCUT2D eigenvalue weighted by Gasteiger charge is 2.31. The van der Waals surface area contributed by atoms with Gasteiger partial charge in [0.1, 0.15) is 0 Å². The van der Waals surface area contributed by atoms with Gasteiger partial charge in [-0.25, -0.2) is 0 Å². The van der Waals surface area contributed by atoms with Crippen LogP contribution in [0.25, 0.3) is 0 Å². The van der Waals surface area contributed by atoms with Crippen LogP contribution in [0.4, 0.5) is 5.69 Å². The number of nitrogens with two attached hydrogens (primary N) is 1. The molecule has 0 radical (unpaired) electrons. The zero-order valence-corrected chi connectivity index (χ0v) is 13.0. The summed E-state index contributed by atoms with van der Waals surface area (Å²) in [6.07, 6.45) is 7.17. The summed E-state index contributed by atoms with van der Waals surface area (Å²) < 4.78 is 1.15. The Morgan fingerprint density at radius 2 is 1.95 bits per heavy atom. The molecule has 3 rings (SSSR count). The van der Waals surface area contributed by atoms with Crippen molar-refractivity contribution in [3.63, 3.8) is 0 Å². The molecule has 2 nitrogen and oxygen atoms in total. The second kappa shape index (κ2) is 5.84. The summed E-state index contributed by atoms with van der Waals surface area (Å²) in [5, 5.41) is 0. The number of piperidine rings is 1. The van der Waals surface area contributed by atoms with Crippen molar-refractivity contribution in [2.75, 3.05) is 18.0 Å². The Kier molecular flexibility index (Phi) is 4.13. The molecule has 1 aromatic carbocycles. The summed E-state index contributed by atoms with van der Waals surface area (Å²) in [5.74, 6) is 1.92. The van der Waals surface area contributed by atoms with Gasteiger partial charge in [-0.15, -0.1) is 0 Å². The van der Waals surface area contributed by atoms with E-state index in [1.165, 1.54) is 56.4 Å². The van der Waals surface area contributed by atoms with Gasteiger partial charge in [0.2, 0.25) is 0 Å². The van der Waals surface area contributed by atoms with Gasteiger partial charge in [-0.2, -0.15) is 0 Å². The molecule has 1 aliphatic heterocycles. The first kappa shape index (κ1) is 13.4. The number of anilines is 1. The number of nitrogens with zero attached hydrogens (tertiary/aromatic N) is 1. The summed E-state index contributed by atoms with van der Waals surface area (Å²) in [7, 11) is 0. The molecule has 0 aromatic heterocycles. The molecule has 0 spiro atoms. The van der Waals surface area contributed by atoms with E-state index in [0.29, 0.717) is 6.54 Å². The van der Waals surface area contributed by atoms with Crippen LogP contribution in [0.2, 0.25) is 0 Å². The van der Waals surface area contributed by atoms with Crippen LogP contribution in [0.5, 0.6) is 0 Å². The van der Waals surface area contributed by atoms with Gasteiger partial charge in [0, 0.05) is 29.8 Å². The first-order valence-corrected chi connectivity index (χ1v) is 8.30. The molecule has 104 valence electrons. The Morgan fingerprint density at radius 3 is 2.68 bits per heavy atom. The molecule has 1 aromatic rings. The molecule has 19 heavy (non-hydrogen) atoms. The van der Waals surface area contributed by atoms with Crippen LogP contribution in [0.15, 0.2) is 22.7 Å². The molecule has 2 fully saturated rings. The lowest BCUT2D eigenvalue weighted by Crippen LogP contribution is -2.41. The van der Waals surface area contributed by atoms with E-state index in [-0.39, 0.29) is 0 Å². The first-order valence-electron chi connectivity index (χ1n) is 7.51. The van der Waals surface area contributed by atoms with Crippen molar-refractivity contribution in [3.05, 3.63) is 28.2 Å². The molecular formula is C16H23BrN2. The van der Waals surface area contributed by atoms with Crippen molar-refractivity contribution in [2.45, 2.75) is 38.6 Å². The minimum atomic E-state index is 0.603. The molecule has 0 bridgehead atoms. The standard InChI is InChI=1S/C16H23BrN2/c17-16-9-15(6-5-13(16)10-18)19-8-7-12-3-1-2-4-14(12)11-19/h5-6,9,12,14H,1-4,7-8,10-11,18H2. The minimum Gasteiger partial charge on any atom is -0.371 e. The Morgan fingerprint density at radius 1 is 1.16 bits per heavy atom. The van der Waals surface area contributed by atoms with E-state index in [1.807, 2.05) is 0 Å². The van der Waals surface area contributed by atoms with Gasteiger partial charge in [-0.05, 0) is 42.4 Å². The second-order valence-electron chi connectivity index (χ2n) is 6.02. The topological polar surface area (TPSA) is 29.3 Å². The second-order valence-corrected chi connectivity index (χ2v) is 6.87. The Balaban J connectivity index is 1.74. The summed E-state index contributed by atoms with van der Waals surface area (Å²) in [6, 6.07) is 6.63. The summed E-state index contributed by atoms with van der Waals surface area (Å²) >= 11 is 3.64. The fraction of sp³-hybridized carbons (Fsp3) is 0.625. The smallest absolute Gasteiger partial charge is 0.0377 e. The Labute approximate surface area is 124 Å². The van der Waals surface area contributed by atoms with E-state index in [0.717, 1.165) is 16.3 Å². The maximum absolute atomic E-state index is 5.72. The third-order valence-corrected chi connectivity index (χ3v) is 5.65. The highest BCUT2D eigenvalue weighted by molar-refractivity contribution is 9.10. The zero-order valence-electron chi connectivity index (χ0n) is 11.4. The molecule has 1 saturated carbocycles. The maximum Gasteiger partial charge on any atom is 0.0377 e. The number of hydrogen-bond acceptors (Lipinski definition) is 2. The number of rotatable bonds is 2. The maximum atomic E-state index is 5.72. The fourth-order valence-corrected chi connectivity index (χ4v) is 4.26. The number of hydrogen-bond donors (Lipinski definition) is 1. The molecule has 2 atom stereocenters. The van der Waals surface area contributed by atoms with Gasteiger partial charge in [0.25, 0.3) is 0 Å². The normalized spacial score (nSPS) is 27.2. The number of fused-ring (bicyclic) bond motifs is 1. The van der Waals surface area contributed by atoms with Crippen LogP contribution in [0, 0.1) is 11.8 Å². The van der Waals surface area contributed by atoms with Crippen molar-refractivity contribution in [1.82, 2.24) is 0 Å². The molecule has 1 aliphatic carbocycles. The molecule has 2 unspecified atom stereocenters. The van der Waals surface area contributed by atoms with E-state index in [4.69, 9.17) is 5.73 Å². The monoisotopic (exact) mass is 322 g/mol. The van der Waals surface area contributed by atoms with Crippen molar-refractivity contribution >= 4 is 21.6 Å². The highest BCUT2D eigenvalue weighted by Crippen LogP contribution is 2.38. The zero-order chi connectivity index (χ0) is 13.2. The van der Waals surface area contributed by atoms with Crippen molar-refractivity contribution in [2.24, 2.45) is 17.6 Å². The molecule has 2 N–H and O–H groups in total. The number of benzene rings is 1. The minimum absolute atomic E-state index is 0.603. The van der Waals surface area contributed by atoms with Crippen LogP contribution in [0.1, 0.15) is 37.7 Å². The molecule has 3 heteroatoms. The molecular weight excluding hydrogens is 300 g/mol. The Bertz CT molecular complexity index is 446. The lowest BCUT2D eigenvalue weighted by molar-refractivity contribution is 0.202. The average molecular weight is 323 g/mol. The van der Waals surface area contributed by atoms with Gasteiger partial charge in [0.05, 0.1) is 0 Å². The van der Waals surface area contributed by atoms with Gasteiger partial charge >= 0.3 is 0 Å². The summed E-state index contributed by atoms with van der Waals surface area (Å²) in [6.45, 7) is 3.07. The van der Waals surface area contributed by atoms with Crippen LogP contribution < -0.4 is 10.6 Å². The van der Waals surface area contributed by atoms with E-state index in [2.05, 4.69) is 39.0 Å². The third kappa shape index (κ3) is 2.82. The summed E-state index contributed by atoms with van der Waals surface area (Å²) in [5.41, 5.74) is 8.27. The highest BCUT2D eigenvalue weighted by atomic mass is 79.9. The molecule has 2 aliphatic rings. The van der Waals surface area contributed by atoms with E-state index >= 15 is 0 Å². The van der Waals surface area contributed by atoms with E-state index < -0.39 is 0 Å². The van der Waals surface area contributed by atoms with E-state index in [1.54, 1.807) is 0 Å². The van der Waals surface area contributed by atoms with Crippen LogP contribution in [-0.2, 0) is 6.54 Å². The van der Waals surface area contributed by atoms with Gasteiger partial charge in [-0.1, -0.05) is 41.3 Å². The molecule has 1 heterocycles.